The summed E-state index contributed by atoms with van der Waals surface area (Å²) in [6.45, 7) is 0. The minimum absolute atomic E-state index is 0.179. The zero-order valence-electron chi connectivity index (χ0n) is 12.8. The first-order valence-electron chi connectivity index (χ1n) is 6.86. The molecule has 0 fully saturated rings. The highest BCUT2D eigenvalue weighted by atomic mass is 35.5. The van der Waals surface area contributed by atoms with Gasteiger partial charge in [0.25, 0.3) is 0 Å². The molecule has 1 amide bonds. The lowest BCUT2D eigenvalue weighted by Crippen LogP contribution is -2.22. The molecule has 0 radical (unpaired) electrons. The summed E-state index contributed by atoms with van der Waals surface area (Å²) in [6, 6.07) is 13.1. The number of anilines is 1. The Hall–Kier alpha value is -1.89. The molecule has 122 valence electrons. The molecule has 7 heteroatoms. The zero-order chi connectivity index (χ0) is 17.0. The number of carbonyl (C=O) groups excluding carboxylic acids is 1. The van der Waals surface area contributed by atoms with Crippen LogP contribution < -0.4 is 5.32 Å². The molecule has 0 saturated carbocycles. The summed E-state index contributed by atoms with van der Waals surface area (Å²) >= 11 is 5.80. The van der Waals surface area contributed by atoms with Gasteiger partial charge >= 0.3 is 0 Å². The fourth-order valence-electron chi connectivity index (χ4n) is 1.91. The first kappa shape index (κ1) is 17.5. The largest absolute Gasteiger partial charge is 0.326 e. The SMILES string of the molecule is CN(C)S(=O)(=O)c1ccc(NC(=O)Cc2ccc(Cl)cc2)cc1. The van der Waals surface area contributed by atoms with Crippen molar-refractivity contribution in [2.45, 2.75) is 11.3 Å². The average molecular weight is 353 g/mol. The summed E-state index contributed by atoms with van der Waals surface area (Å²) in [5, 5.41) is 3.35. The smallest absolute Gasteiger partial charge is 0.242 e. The van der Waals surface area contributed by atoms with Crippen LogP contribution in [0.5, 0.6) is 0 Å². The molecule has 0 unspecified atom stereocenters. The van der Waals surface area contributed by atoms with Gasteiger partial charge < -0.3 is 5.32 Å². The molecular weight excluding hydrogens is 336 g/mol. The van der Waals surface area contributed by atoms with Gasteiger partial charge in [-0.2, -0.15) is 0 Å². The van der Waals surface area contributed by atoms with Gasteiger partial charge in [-0.25, -0.2) is 12.7 Å². The summed E-state index contributed by atoms with van der Waals surface area (Å²) in [6.07, 6.45) is 0.217. The second kappa shape index (κ2) is 7.12. The van der Waals surface area contributed by atoms with Gasteiger partial charge in [0.1, 0.15) is 0 Å². The van der Waals surface area contributed by atoms with E-state index in [0.29, 0.717) is 10.7 Å². The first-order chi connectivity index (χ1) is 10.8. The van der Waals surface area contributed by atoms with Crippen LogP contribution in [0.2, 0.25) is 5.02 Å². The van der Waals surface area contributed by atoms with E-state index in [1.54, 1.807) is 36.4 Å². The molecule has 2 aromatic rings. The lowest BCUT2D eigenvalue weighted by Gasteiger charge is -2.12. The Morgan fingerprint density at radius 3 is 2.13 bits per heavy atom. The Bertz CT molecular complexity index is 785. The van der Waals surface area contributed by atoms with Gasteiger partial charge in [-0.3, -0.25) is 4.79 Å². The summed E-state index contributed by atoms with van der Waals surface area (Å²) < 4.78 is 25.1. The standard InChI is InChI=1S/C16H17ClN2O3S/c1-19(2)23(21,22)15-9-7-14(8-10-15)18-16(20)11-12-3-5-13(17)6-4-12/h3-10H,11H2,1-2H3,(H,18,20). The number of benzene rings is 2. The van der Waals surface area contributed by atoms with Gasteiger partial charge in [-0.15, -0.1) is 0 Å². The van der Waals surface area contributed by atoms with E-state index in [0.717, 1.165) is 9.87 Å². The number of rotatable bonds is 5. The normalized spacial score (nSPS) is 11.5. The van der Waals surface area contributed by atoms with E-state index in [9.17, 15) is 13.2 Å². The molecule has 23 heavy (non-hydrogen) atoms. The number of nitrogens with zero attached hydrogens (tertiary/aromatic N) is 1. The minimum atomic E-state index is -3.47. The summed E-state index contributed by atoms with van der Waals surface area (Å²) in [5.74, 6) is -0.185. The number of halogens is 1. The number of carbonyl (C=O) groups is 1. The lowest BCUT2D eigenvalue weighted by atomic mass is 10.1. The highest BCUT2D eigenvalue weighted by Crippen LogP contribution is 2.17. The molecule has 0 bridgehead atoms. The van der Waals surface area contributed by atoms with Crippen molar-refractivity contribution in [3.8, 4) is 0 Å². The highest BCUT2D eigenvalue weighted by molar-refractivity contribution is 7.89. The van der Waals surface area contributed by atoms with Crippen LogP contribution in [0.4, 0.5) is 5.69 Å². The fourth-order valence-corrected chi connectivity index (χ4v) is 2.94. The highest BCUT2D eigenvalue weighted by Gasteiger charge is 2.16. The molecule has 0 aliphatic heterocycles. The summed E-state index contributed by atoms with van der Waals surface area (Å²) in [7, 11) is -0.528. The van der Waals surface area contributed by atoms with Crippen molar-refractivity contribution in [1.82, 2.24) is 4.31 Å². The third-order valence-corrected chi connectivity index (χ3v) is 5.28. The van der Waals surface area contributed by atoms with Gasteiger partial charge in [-0.05, 0) is 42.0 Å². The van der Waals surface area contributed by atoms with Crippen molar-refractivity contribution in [2.24, 2.45) is 0 Å². The van der Waals surface area contributed by atoms with E-state index < -0.39 is 10.0 Å². The van der Waals surface area contributed by atoms with Crippen LogP contribution in [0.25, 0.3) is 0 Å². The van der Waals surface area contributed by atoms with Gasteiger partial charge in [0.15, 0.2) is 0 Å². The number of sulfonamides is 1. The lowest BCUT2D eigenvalue weighted by molar-refractivity contribution is -0.115. The maximum absolute atomic E-state index is 12.0. The molecule has 0 aliphatic rings. The third-order valence-electron chi connectivity index (χ3n) is 3.19. The predicted octanol–water partition coefficient (Wildman–Crippen LogP) is 2.77. The Morgan fingerprint density at radius 1 is 1.04 bits per heavy atom. The average Bonchev–Trinajstić information content (AvgIpc) is 2.50. The van der Waals surface area contributed by atoms with Gasteiger partial charge in [0, 0.05) is 24.8 Å². The third kappa shape index (κ3) is 4.54. The van der Waals surface area contributed by atoms with Crippen LogP contribution in [0.15, 0.2) is 53.4 Å². The Balaban J connectivity index is 2.03. The Labute approximate surface area is 140 Å². The maximum Gasteiger partial charge on any atom is 0.242 e. The van der Waals surface area contributed by atoms with Gasteiger partial charge in [0.2, 0.25) is 15.9 Å². The molecule has 0 heterocycles. The van der Waals surface area contributed by atoms with Crippen LogP contribution in [-0.2, 0) is 21.2 Å². The molecule has 2 rings (SSSR count). The molecule has 2 aromatic carbocycles. The number of hydrogen-bond acceptors (Lipinski definition) is 3. The van der Waals surface area contributed by atoms with Crippen LogP contribution >= 0.6 is 11.6 Å². The summed E-state index contributed by atoms with van der Waals surface area (Å²) in [5.41, 5.74) is 1.39. The van der Waals surface area contributed by atoms with Crippen LogP contribution in [-0.4, -0.2) is 32.7 Å². The van der Waals surface area contributed by atoms with Crippen molar-refractivity contribution < 1.29 is 13.2 Å². The van der Waals surface area contributed by atoms with E-state index in [2.05, 4.69) is 5.32 Å². The van der Waals surface area contributed by atoms with E-state index >= 15 is 0 Å². The van der Waals surface area contributed by atoms with Gasteiger partial charge in [0.05, 0.1) is 11.3 Å². The number of nitrogens with one attached hydrogen (secondary N) is 1. The first-order valence-corrected chi connectivity index (χ1v) is 8.68. The maximum atomic E-state index is 12.0. The van der Waals surface area contributed by atoms with Crippen LogP contribution in [0, 0.1) is 0 Å². The quantitative estimate of drug-likeness (QED) is 0.899. The second-order valence-electron chi connectivity index (χ2n) is 5.16. The van der Waals surface area contributed by atoms with Crippen molar-refractivity contribution in [3.63, 3.8) is 0 Å². The molecule has 0 saturated heterocycles. The predicted molar refractivity (Wildman–Crippen MR) is 91.1 cm³/mol. The Morgan fingerprint density at radius 2 is 1.61 bits per heavy atom. The van der Waals surface area contributed by atoms with E-state index in [1.807, 2.05) is 0 Å². The van der Waals surface area contributed by atoms with E-state index in [-0.39, 0.29) is 17.2 Å². The molecule has 0 aliphatic carbocycles. The van der Waals surface area contributed by atoms with Crippen molar-refractivity contribution in [1.29, 1.82) is 0 Å². The number of amides is 1. The molecule has 1 N–H and O–H groups in total. The van der Waals surface area contributed by atoms with Crippen molar-refractivity contribution >= 4 is 33.2 Å². The molecule has 5 nitrogen and oxygen atoms in total. The minimum Gasteiger partial charge on any atom is -0.326 e. The van der Waals surface area contributed by atoms with Crippen molar-refractivity contribution in [3.05, 3.63) is 59.1 Å². The molecule has 0 atom stereocenters. The summed E-state index contributed by atoms with van der Waals surface area (Å²) in [4.78, 5) is 12.2. The fraction of sp³-hybridized carbons (Fsp3) is 0.188. The van der Waals surface area contributed by atoms with Crippen molar-refractivity contribution in [2.75, 3.05) is 19.4 Å². The van der Waals surface area contributed by atoms with Crippen LogP contribution in [0.3, 0.4) is 0 Å². The van der Waals surface area contributed by atoms with E-state index in [4.69, 9.17) is 11.6 Å². The second-order valence-corrected chi connectivity index (χ2v) is 7.75. The van der Waals surface area contributed by atoms with Gasteiger partial charge in [-0.1, -0.05) is 23.7 Å². The monoisotopic (exact) mass is 352 g/mol. The molecule has 0 spiro atoms. The molecule has 0 aromatic heterocycles. The zero-order valence-corrected chi connectivity index (χ0v) is 14.4. The topological polar surface area (TPSA) is 66.5 Å². The van der Waals surface area contributed by atoms with E-state index in [1.165, 1.54) is 26.2 Å². The van der Waals surface area contributed by atoms with Crippen LogP contribution in [0.1, 0.15) is 5.56 Å². The molecular formula is C16H17ClN2O3S. The Kier molecular flexibility index (Phi) is 5.41. The number of hydrogen-bond donors (Lipinski definition) is 1.